The molecule has 4 heteroatoms. The SMILES string of the molecule is O=C(c1ccccc1I)N(Cc1ccco1)C1CC1. The lowest BCUT2D eigenvalue weighted by Gasteiger charge is -2.22. The third-order valence-corrected chi connectivity index (χ3v) is 4.20. The number of carbonyl (C=O) groups is 1. The molecule has 1 aromatic heterocycles. The number of hydrogen-bond donors (Lipinski definition) is 0. The van der Waals surface area contributed by atoms with Crippen molar-refractivity contribution in [2.45, 2.75) is 25.4 Å². The van der Waals surface area contributed by atoms with Gasteiger partial charge in [-0.25, -0.2) is 0 Å². The summed E-state index contributed by atoms with van der Waals surface area (Å²) in [5.74, 6) is 0.940. The Morgan fingerprint density at radius 1 is 1.26 bits per heavy atom. The number of furan rings is 1. The zero-order valence-corrected chi connectivity index (χ0v) is 12.5. The first-order chi connectivity index (χ1) is 9.25. The second-order valence-electron chi connectivity index (χ2n) is 4.72. The molecular formula is C15H14INO2. The molecule has 1 saturated carbocycles. The third-order valence-electron chi connectivity index (χ3n) is 3.26. The molecule has 1 aliphatic carbocycles. The predicted molar refractivity (Wildman–Crippen MR) is 80.8 cm³/mol. The number of hydrogen-bond acceptors (Lipinski definition) is 2. The average Bonchev–Trinajstić information content (AvgIpc) is 3.13. The number of nitrogens with zero attached hydrogens (tertiary/aromatic N) is 1. The van der Waals surface area contributed by atoms with Gasteiger partial charge in [-0.1, -0.05) is 12.1 Å². The molecule has 0 spiro atoms. The first-order valence-electron chi connectivity index (χ1n) is 6.33. The van der Waals surface area contributed by atoms with Crippen LogP contribution in [0.5, 0.6) is 0 Å². The smallest absolute Gasteiger partial charge is 0.255 e. The lowest BCUT2D eigenvalue weighted by atomic mass is 10.2. The molecule has 19 heavy (non-hydrogen) atoms. The van der Waals surface area contributed by atoms with Gasteiger partial charge < -0.3 is 9.32 Å². The van der Waals surface area contributed by atoms with Crippen molar-refractivity contribution in [1.29, 1.82) is 0 Å². The summed E-state index contributed by atoms with van der Waals surface area (Å²) in [6.45, 7) is 0.557. The van der Waals surface area contributed by atoms with E-state index in [2.05, 4.69) is 22.6 Å². The molecule has 0 aliphatic heterocycles. The fourth-order valence-corrected chi connectivity index (χ4v) is 2.73. The molecule has 0 unspecified atom stereocenters. The zero-order chi connectivity index (χ0) is 13.2. The van der Waals surface area contributed by atoms with E-state index >= 15 is 0 Å². The standard InChI is InChI=1S/C15H14INO2/c16-14-6-2-1-5-13(14)15(18)17(11-7-8-11)10-12-4-3-9-19-12/h1-6,9,11H,7-8,10H2. The summed E-state index contributed by atoms with van der Waals surface area (Å²) < 4.78 is 6.36. The molecule has 1 aromatic carbocycles. The second kappa shape index (κ2) is 5.36. The van der Waals surface area contributed by atoms with Crippen LogP contribution in [-0.2, 0) is 6.54 Å². The summed E-state index contributed by atoms with van der Waals surface area (Å²) >= 11 is 2.21. The molecule has 1 fully saturated rings. The largest absolute Gasteiger partial charge is 0.467 e. The number of benzene rings is 1. The van der Waals surface area contributed by atoms with Crippen LogP contribution < -0.4 is 0 Å². The van der Waals surface area contributed by atoms with Crippen molar-refractivity contribution in [3.05, 3.63) is 57.6 Å². The highest BCUT2D eigenvalue weighted by Crippen LogP contribution is 2.30. The van der Waals surface area contributed by atoms with E-state index in [0.29, 0.717) is 12.6 Å². The van der Waals surface area contributed by atoms with Crippen LogP contribution in [0.2, 0.25) is 0 Å². The Morgan fingerprint density at radius 2 is 2.05 bits per heavy atom. The molecule has 2 aromatic rings. The summed E-state index contributed by atoms with van der Waals surface area (Å²) in [4.78, 5) is 14.6. The quantitative estimate of drug-likeness (QED) is 0.773. The fourth-order valence-electron chi connectivity index (χ4n) is 2.11. The summed E-state index contributed by atoms with van der Waals surface area (Å²) in [5.41, 5.74) is 0.779. The summed E-state index contributed by atoms with van der Waals surface area (Å²) in [7, 11) is 0. The van der Waals surface area contributed by atoms with Gasteiger partial charge in [0.05, 0.1) is 18.4 Å². The number of carbonyl (C=O) groups excluding carboxylic acids is 1. The van der Waals surface area contributed by atoms with E-state index in [9.17, 15) is 4.79 Å². The zero-order valence-electron chi connectivity index (χ0n) is 10.4. The van der Waals surface area contributed by atoms with Crippen LogP contribution in [-0.4, -0.2) is 16.8 Å². The van der Waals surface area contributed by atoms with Gasteiger partial charge in [-0.2, -0.15) is 0 Å². The first-order valence-corrected chi connectivity index (χ1v) is 7.41. The van der Waals surface area contributed by atoms with Crippen molar-refractivity contribution < 1.29 is 9.21 Å². The molecule has 3 rings (SSSR count). The molecule has 0 bridgehead atoms. The molecule has 1 aliphatic rings. The fraction of sp³-hybridized carbons (Fsp3) is 0.267. The van der Waals surface area contributed by atoms with Crippen molar-refractivity contribution >= 4 is 28.5 Å². The Bertz CT molecular complexity index is 576. The topological polar surface area (TPSA) is 33.5 Å². The average molecular weight is 367 g/mol. The maximum Gasteiger partial charge on any atom is 0.255 e. The second-order valence-corrected chi connectivity index (χ2v) is 5.89. The lowest BCUT2D eigenvalue weighted by Crippen LogP contribution is -2.32. The predicted octanol–water partition coefficient (Wildman–Crippen LogP) is 3.69. The van der Waals surface area contributed by atoms with E-state index in [1.807, 2.05) is 41.3 Å². The lowest BCUT2D eigenvalue weighted by molar-refractivity contribution is 0.0716. The normalized spacial score (nSPS) is 14.4. The Balaban J connectivity index is 1.84. The summed E-state index contributed by atoms with van der Waals surface area (Å²) in [5, 5.41) is 0. The monoisotopic (exact) mass is 367 g/mol. The van der Waals surface area contributed by atoms with Gasteiger partial charge in [0.2, 0.25) is 0 Å². The van der Waals surface area contributed by atoms with Gasteiger partial charge in [0.1, 0.15) is 5.76 Å². The van der Waals surface area contributed by atoms with Gasteiger partial charge in [0.25, 0.3) is 5.91 Å². The maximum atomic E-state index is 12.7. The molecule has 0 N–H and O–H groups in total. The van der Waals surface area contributed by atoms with E-state index in [1.54, 1.807) is 6.26 Å². The number of amides is 1. The minimum atomic E-state index is 0.101. The summed E-state index contributed by atoms with van der Waals surface area (Å²) in [6.07, 6.45) is 3.84. The van der Waals surface area contributed by atoms with Gasteiger partial charge in [0.15, 0.2) is 0 Å². The Hall–Kier alpha value is -1.30. The van der Waals surface area contributed by atoms with E-state index in [4.69, 9.17) is 4.42 Å². The summed E-state index contributed by atoms with van der Waals surface area (Å²) in [6, 6.07) is 11.9. The van der Waals surface area contributed by atoms with Crippen molar-refractivity contribution in [2.75, 3.05) is 0 Å². The van der Waals surface area contributed by atoms with Crippen molar-refractivity contribution in [2.24, 2.45) is 0 Å². The molecule has 0 saturated heterocycles. The minimum absolute atomic E-state index is 0.101. The van der Waals surface area contributed by atoms with Gasteiger partial charge in [-0.05, 0) is 59.7 Å². The van der Waals surface area contributed by atoms with Gasteiger partial charge in [0, 0.05) is 9.61 Å². The van der Waals surface area contributed by atoms with Gasteiger partial charge in [-0.3, -0.25) is 4.79 Å². The van der Waals surface area contributed by atoms with E-state index in [0.717, 1.165) is 27.7 Å². The highest BCUT2D eigenvalue weighted by Gasteiger charge is 2.34. The maximum absolute atomic E-state index is 12.7. The van der Waals surface area contributed by atoms with Crippen LogP contribution in [0.25, 0.3) is 0 Å². The van der Waals surface area contributed by atoms with Gasteiger partial charge in [-0.15, -0.1) is 0 Å². The van der Waals surface area contributed by atoms with E-state index in [-0.39, 0.29) is 5.91 Å². The third kappa shape index (κ3) is 2.83. The first kappa shape index (κ1) is 12.7. The number of rotatable bonds is 4. The van der Waals surface area contributed by atoms with E-state index in [1.165, 1.54) is 0 Å². The van der Waals surface area contributed by atoms with Crippen LogP contribution in [0.15, 0.2) is 47.1 Å². The highest BCUT2D eigenvalue weighted by atomic mass is 127. The van der Waals surface area contributed by atoms with Crippen LogP contribution in [0.3, 0.4) is 0 Å². The molecule has 1 heterocycles. The van der Waals surface area contributed by atoms with Crippen molar-refractivity contribution in [3.63, 3.8) is 0 Å². The molecule has 1 amide bonds. The van der Waals surface area contributed by atoms with Crippen molar-refractivity contribution in [3.8, 4) is 0 Å². The molecule has 0 atom stereocenters. The number of halogens is 1. The van der Waals surface area contributed by atoms with E-state index < -0.39 is 0 Å². The van der Waals surface area contributed by atoms with Crippen LogP contribution in [0, 0.1) is 3.57 Å². The Labute approximate surface area is 125 Å². The molecule has 0 radical (unpaired) electrons. The van der Waals surface area contributed by atoms with Gasteiger partial charge >= 0.3 is 0 Å². The minimum Gasteiger partial charge on any atom is -0.467 e. The van der Waals surface area contributed by atoms with Crippen LogP contribution in [0.1, 0.15) is 29.0 Å². The Morgan fingerprint density at radius 3 is 2.68 bits per heavy atom. The van der Waals surface area contributed by atoms with Crippen LogP contribution in [0.4, 0.5) is 0 Å². The van der Waals surface area contributed by atoms with Crippen LogP contribution >= 0.6 is 22.6 Å². The van der Waals surface area contributed by atoms with Crippen molar-refractivity contribution in [1.82, 2.24) is 4.90 Å². The molecular weight excluding hydrogens is 353 g/mol. The molecule has 98 valence electrons. The molecule has 3 nitrogen and oxygen atoms in total. The Kier molecular flexibility index (Phi) is 3.59. The highest BCUT2D eigenvalue weighted by molar-refractivity contribution is 14.1.